The highest BCUT2D eigenvalue weighted by Crippen LogP contribution is 2.27. The van der Waals surface area contributed by atoms with Crippen LogP contribution in [0.1, 0.15) is 35.1 Å². The summed E-state index contributed by atoms with van der Waals surface area (Å²) in [4.78, 5) is 19.3. The van der Waals surface area contributed by atoms with E-state index in [1.54, 1.807) is 12.1 Å². The van der Waals surface area contributed by atoms with Crippen molar-refractivity contribution in [3.8, 4) is 6.07 Å². The number of anilines is 1. The molecule has 2 aromatic rings. The van der Waals surface area contributed by atoms with E-state index in [0.717, 1.165) is 37.2 Å². The lowest BCUT2D eigenvalue weighted by Gasteiger charge is -2.16. The van der Waals surface area contributed by atoms with Crippen LogP contribution in [0.5, 0.6) is 0 Å². The zero-order valence-electron chi connectivity index (χ0n) is 16.4. The molecule has 0 saturated heterocycles. The topological polar surface area (TPSA) is 122 Å². The van der Waals surface area contributed by atoms with Crippen molar-refractivity contribution in [3.63, 3.8) is 0 Å². The van der Waals surface area contributed by atoms with E-state index in [1.807, 2.05) is 6.07 Å². The molecule has 30 heavy (non-hydrogen) atoms. The normalized spacial score (nSPS) is 12.4. The minimum atomic E-state index is -1.08. The van der Waals surface area contributed by atoms with E-state index in [-0.39, 0.29) is 18.7 Å². The molecule has 0 bridgehead atoms. The van der Waals surface area contributed by atoms with Crippen molar-refractivity contribution < 1.29 is 24.2 Å². The molecule has 0 amide bonds. The molecule has 3 rings (SSSR count). The van der Waals surface area contributed by atoms with Crippen LogP contribution in [-0.4, -0.2) is 35.2 Å². The first-order chi connectivity index (χ1) is 14.4. The Morgan fingerprint density at radius 1 is 1.03 bits per heavy atom. The Hall–Kier alpha value is -3.44. The Morgan fingerprint density at radius 2 is 1.67 bits per heavy atom. The lowest BCUT2D eigenvalue weighted by Crippen LogP contribution is -2.16. The molecule has 158 valence electrons. The van der Waals surface area contributed by atoms with E-state index in [1.165, 1.54) is 23.3 Å². The zero-order chi connectivity index (χ0) is 21.9. The van der Waals surface area contributed by atoms with Crippen molar-refractivity contribution in [2.75, 3.05) is 18.4 Å². The Morgan fingerprint density at radius 3 is 2.27 bits per heavy atom. The highest BCUT2D eigenvalue weighted by atomic mass is 19.1. The predicted octanol–water partition coefficient (Wildman–Crippen LogP) is 2.93. The molecular weight excluding hydrogens is 389 g/mol. The number of benzene rings is 2. The lowest BCUT2D eigenvalue weighted by atomic mass is 9.97. The van der Waals surface area contributed by atoms with E-state index >= 15 is 0 Å². The molecule has 0 atom stereocenters. The minimum Gasteiger partial charge on any atom is -0.481 e. The molecule has 0 radical (unpaired) electrons. The van der Waals surface area contributed by atoms with Crippen molar-refractivity contribution in [2.45, 2.75) is 32.2 Å². The third-order valence-electron chi connectivity index (χ3n) is 4.59. The van der Waals surface area contributed by atoms with Crippen LogP contribution in [0.4, 0.5) is 10.1 Å². The Balaban J connectivity index is 0.000000343. The van der Waals surface area contributed by atoms with Crippen LogP contribution in [0.15, 0.2) is 36.4 Å². The highest BCUT2D eigenvalue weighted by Gasteiger charge is 2.15. The molecule has 1 heterocycles. The Kier molecular flexibility index (Phi) is 8.78. The molecule has 1 aliphatic heterocycles. The molecule has 2 aromatic carbocycles. The molecule has 0 fully saturated rings. The van der Waals surface area contributed by atoms with Crippen LogP contribution in [0.25, 0.3) is 0 Å². The van der Waals surface area contributed by atoms with Gasteiger partial charge in [0.2, 0.25) is 0 Å². The monoisotopic (exact) mass is 413 g/mol. The quantitative estimate of drug-likeness (QED) is 0.574. The zero-order valence-corrected chi connectivity index (χ0v) is 16.4. The molecule has 0 aromatic heterocycles. The second-order valence-corrected chi connectivity index (χ2v) is 6.76. The molecule has 0 aliphatic carbocycles. The first-order valence-corrected chi connectivity index (χ1v) is 9.58. The number of carboxylic acid groups (broad SMARTS) is 2. The summed E-state index contributed by atoms with van der Waals surface area (Å²) in [5, 5.41) is 31.9. The number of hydrogen-bond acceptors (Lipinski definition) is 5. The molecule has 0 spiro atoms. The van der Waals surface area contributed by atoms with Crippen LogP contribution in [0.3, 0.4) is 0 Å². The largest absolute Gasteiger partial charge is 0.481 e. The number of aliphatic carboxylic acids is 2. The minimum absolute atomic E-state index is 0.235. The van der Waals surface area contributed by atoms with E-state index in [2.05, 4.69) is 22.8 Å². The maximum Gasteiger partial charge on any atom is 0.303 e. The number of nitrogens with zero attached hydrogens (tertiary/aromatic N) is 1. The SMILES string of the molecule is N#Cc1ccc2c(c1NCc1ccc(F)cc1)CCNCC2.O=C(O)CCC(=O)O. The number of carboxylic acids is 2. The molecule has 0 saturated carbocycles. The maximum atomic E-state index is 13.0. The van der Waals surface area contributed by atoms with E-state index < -0.39 is 11.9 Å². The fraction of sp³-hybridized carbons (Fsp3) is 0.318. The second kappa shape index (κ2) is 11.5. The third-order valence-corrected chi connectivity index (χ3v) is 4.59. The number of rotatable bonds is 6. The fourth-order valence-electron chi connectivity index (χ4n) is 3.07. The number of halogens is 1. The van der Waals surface area contributed by atoms with Crippen molar-refractivity contribution in [3.05, 3.63) is 64.5 Å². The predicted molar refractivity (Wildman–Crippen MR) is 110 cm³/mol. The van der Waals surface area contributed by atoms with Crippen molar-refractivity contribution in [1.29, 1.82) is 5.26 Å². The van der Waals surface area contributed by atoms with Gasteiger partial charge in [0, 0.05) is 6.54 Å². The average molecular weight is 413 g/mol. The van der Waals surface area contributed by atoms with E-state index in [9.17, 15) is 19.2 Å². The number of hydrogen-bond donors (Lipinski definition) is 4. The van der Waals surface area contributed by atoms with Crippen molar-refractivity contribution in [2.24, 2.45) is 0 Å². The number of fused-ring (bicyclic) bond motifs is 1. The summed E-state index contributed by atoms with van der Waals surface area (Å²) in [6, 6.07) is 12.6. The van der Waals surface area contributed by atoms with Gasteiger partial charge in [0.25, 0.3) is 0 Å². The van der Waals surface area contributed by atoms with Gasteiger partial charge in [-0.15, -0.1) is 0 Å². The average Bonchev–Trinajstić information content (AvgIpc) is 2.97. The molecular formula is C22H24FN3O4. The summed E-state index contributed by atoms with van der Waals surface area (Å²) >= 11 is 0. The lowest BCUT2D eigenvalue weighted by molar-refractivity contribution is -0.143. The first-order valence-electron chi connectivity index (χ1n) is 9.58. The molecule has 7 nitrogen and oxygen atoms in total. The number of carbonyl (C=O) groups is 2. The van der Waals surface area contributed by atoms with Crippen LogP contribution >= 0.6 is 0 Å². The standard InChI is InChI=1S/C18H18FN3.C4H6O4/c19-16-5-1-13(2-6-16)12-22-18-15(11-20)4-3-14-7-9-21-10-8-17(14)18;5-3(6)1-2-4(7)8/h1-6,21-22H,7-10,12H2;1-2H2,(H,5,6)(H,7,8). The van der Waals surface area contributed by atoms with Gasteiger partial charge in [-0.05, 0) is 60.8 Å². The molecule has 1 aliphatic rings. The number of nitriles is 1. The number of nitrogens with one attached hydrogen (secondary N) is 2. The van der Waals surface area contributed by atoms with Gasteiger partial charge in [-0.2, -0.15) is 5.26 Å². The van der Waals surface area contributed by atoms with E-state index in [0.29, 0.717) is 12.1 Å². The summed E-state index contributed by atoms with van der Waals surface area (Å²) < 4.78 is 13.0. The van der Waals surface area contributed by atoms with Gasteiger partial charge in [-0.25, -0.2) is 4.39 Å². The Bertz CT molecular complexity index is 909. The van der Waals surface area contributed by atoms with Gasteiger partial charge < -0.3 is 20.8 Å². The Labute approximate surface area is 174 Å². The summed E-state index contributed by atoms with van der Waals surface area (Å²) in [6.07, 6.45) is 1.30. The van der Waals surface area contributed by atoms with Crippen LogP contribution in [-0.2, 0) is 29.0 Å². The van der Waals surface area contributed by atoms with Crippen LogP contribution in [0.2, 0.25) is 0 Å². The van der Waals surface area contributed by atoms with Crippen LogP contribution < -0.4 is 10.6 Å². The van der Waals surface area contributed by atoms with Crippen molar-refractivity contribution >= 4 is 17.6 Å². The molecule has 8 heteroatoms. The maximum absolute atomic E-state index is 13.0. The van der Waals surface area contributed by atoms with Gasteiger partial charge in [0.15, 0.2) is 0 Å². The smallest absolute Gasteiger partial charge is 0.303 e. The van der Waals surface area contributed by atoms with Crippen molar-refractivity contribution in [1.82, 2.24) is 5.32 Å². The van der Waals surface area contributed by atoms with Gasteiger partial charge in [-0.3, -0.25) is 9.59 Å². The van der Waals surface area contributed by atoms with E-state index in [4.69, 9.17) is 10.2 Å². The summed E-state index contributed by atoms with van der Waals surface area (Å²) in [5.74, 6) is -2.39. The van der Waals surface area contributed by atoms with Gasteiger partial charge in [0.1, 0.15) is 11.9 Å². The van der Waals surface area contributed by atoms with Gasteiger partial charge >= 0.3 is 11.9 Å². The summed E-state index contributed by atoms with van der Waals surface area (Å²) in [6.45, 7) is 2.47. The molecule has 4 N–H and O–H groups in total. The first kappa shape index (κ1) is 22.8. The van der Waals surface area contributed by atoms with Gasteiger partial charge in [0.05, 0.1) is 24.1 Å². The summed E-state index contributed by atoms with van der Waals surface area (Å²) in [7, 11) is 0. The highest BCUT2D eigenvalue weighted by molar-refractivity contribution is 5.75. The summed E-state index contributed by atoms with van der Waals surface area (Å²) in [5.41, 5.74) is 5.11. The third kappa shape index (κ3) is 7.18. The second-order valence-electron chi connectivity index (χ2n) is 6.76. The van der Waals surface area contributed by atoms with Gasteiger partial charge in [-0.1, -0.05) is 18.2 Å². The fourth-order valence-corrected chi connectivity index (χ4v) is 3.07. The molecule has 0 unspecified atom stereocenters. The van der Waals surface area contributed by atoms with Crippen LogP contribution in [0, 0.1) is 17.1 Å².